The summed E-state index contributed by atoms with van der Waals surface area (Å²) >= 11 is 0. The van der Waals surface area contributed by atoms with Crippen LogP contribution in [0.15, 0.2) is 24.3 Å². The van der Waals surface area contributed by atoms with E-state index >= 15 is 0 Å². The van der Waals surface area contributed by atoms with Crippen LogP contribution < -0.4 is 21.7 Å². The zero-order chi connectivity index (χ0) is 15.4. The Kier molecular flexibility index (Phi) is 4.80. The van der Waals surface area contributed by atoms with Gasteiger partial charge in [-0.1, -0.05) is 19.1 Å². The molecule has 114 valence electrons. The van der Waals surface area contributed by atoms with Gasteiger partial charge in [0.25, 0.3) is 0 Å². The molecule has 6 heteroatoms. The second kappa shape index (κ2) is 6.58. The SMILES string of the molecule is CC(NC(=O)C1NCCC1C)c1ccc(NC(N)=O)cc1. The van der Waals surface area contributed by atoms with Gasteiger partial charge in [0, 0.05) is 5.69 Å². The molecule has 1 heterocycles. The highest BCUT2D eigenvalue weighted by molar-refractivity contribution is 5.87. The van der Waals surface area contributed by atoms with Gasteiger partial charge in [0.15, 0.2) is 0 Å². The lowest BCUT2D eigenvalue weighted by atomic mass is 10.0. The van der Waals surface area contributed by atoms with Gasteiger partial charge < -0.3 is 21.7 Å². The maximum Gasteiger partial charge on any atom is 0.316 e. The van der Waals surface area contributed by atoms with Crippen molar-refractivity contribution in [2.24, 2.45) is 11.7 Å². The van der Waals surface area contributed by atoms with E-state index < -0.39 is 6.03 Å². The standard InChI is InChI=1S/C15H22N4O2/c1-9-7-8-17-13(9)14(20)18-10(2)11-3-5-12(6-4-11)19-15(16)21/h3-6,9-10,13,17H,7-8H2,1-2H3,(H,18,20)(H3,16,19,21). The quantitative estimate of drug-likeness (QED) is 0.674. The molecular formula is C15H22N4O2. The van der Waals surface area contributed by atoms with Gasteiger partial charge in [-0.05, 0) is 43.5 Å². The highest BCUT2D eigenvalue weighted by Crippen LogP contribution is 2.18. The van der Waals surface area contributed by atoms with Crippen LogP contribution in [0.2, 0.25) is 0 Å². The van der Waals surface area contributed by atoms with Crippen LogP contribution in [-0.4, -0.2) is 24.5 Å². The fraction of sp³-hybridized carbons (Fsp3) is 0.467. The number of nitrogens with one attached hydrogen (secondary N) is 3. The van der Waals surface area contributed by atoms with E-state index in [4.69, 9.17) is 5.73 Å². The van der Waals surface area contributed by atoms with Gasteiger partial charge in [-0.3, -0.25) is 4.79 Å². The third-order valence-electron chi connectivity index (χ3n) is 3.85. The first-order valence-electron chi connectivity index (χ1n) is 7.17. The van der Waals surface area contributed by atoms with Crippen LogP contribution in [-0.2, 0) is 4.79 Å². The van der Waals surface area contributed by atoms with Crippen LogP contribution in [0, 0.1) is 5.92 Å². The molecule has 5 N–H and O–H groups in total. The van der Waals surface area contributed by atoms with E-state index in [-0.39, 0.29) is 18.0 Å². The summed E-state index contributed by atoms with van der Waals surface area (Å²) in [5, 5.41) is 8.74. The molecule has 1 saturated heterocycles. The fourth-order valence-corrected chi connectivity index (χ4v) is 2.57. The van der Waals surface area contributed by atoms with E-state index in [1.807, 2.05) is 19.1 Å². The highest BCUT2D eigenvalue weighted by atomic mass is 16.2. The molecule has 0 bridgehead atoms. The van der Waals surface area contributed by atoms with Crippen molar-refractivity contribution < 1.29 is 9.59 Å². The number of hydrogen-bond acceptors (Lipinski definition) is 3. The molecule has 3 unspecified atom stereocenters. The fourth-order valence-electron chi connectivity index (χ4n) is 2.57. The van der Waals surface area contributed by atoms with Crippen LogP contribution in [0.1, 0.15) is 31.9 Å². The molecule has 0 saturated carbocycles. The Morgan fingerprint density at radius 3 is 2.52 bits per heavy atom. The molecule has 1 aromatic rings. The first kappa shape index (κ1) is 15.3. The summed E-state index contributed by atoms with van der Waals surface area (Å²) in [5.74, 6) is 0.395. The first-order chi connectivity index (χ1) is 9.97. The summed E-state index contributed by atoms with van der Waals surface area (Å²) in [5.41, 5.74) is 6.67. The molecule has 0 aliphatic carbocycles. The van der Waals surface area contributed by atoms with Crippen molar-refractivity contribution in [1.29, 1.82) is 0 Å². The van der Waals surface area contributed by atoms with Gasteiger partial charge in [0.1, 0.15) is 0 Å². The molecule has 1 aliphatic heterocycles. The molecule has 0 aromatic heterocycles. The van der Waals surface area contributed by atoms with Crippen molar-refractivity contribution in [1.82, 2.24) is 10.6 Å². The summed E-state index contributed by atoms with van der Waals surface area (Å²) in [7, 11) is 0. The molecule has 0 spiro atoms. The van der Waals surface area contributed by atoms with E-state index in [2.05, 4.69) is 22.9 Å². The van der Waals surface area contributed by atoms with Gasteiger partial charge in [0.2, 0.25) is 5.91 Å². The normalized spacial score (nSPS) is 22.6. The second-order valence-corrected chi connectivity index (χ2v) is 5.54. The Labute approximate surface area is 124 Å². The molecule has 3 atom stereocenters. The van der Waals surface area contributed by atoms with Gasteiger partial charge in [-0.2, -0.15) is 0 Å². The number of carbonyl (C=O) groups excluding carboxylic acids is 2. The Morgan fingerprint density at radius 1 is 1.33 bits per heavy atom. The number of carbonyl (C=O) groups is 2. The topological polar surface area (TPSA) is 96.2 Å². The van der Waals surface area contributed by atoms with Crippen molar-refractivity contribution >= 4 is 17.6 Å². The highest BCUT2D eigenvalue weighted by Gasteiger charge is 2.29. The number of anilines is 1. The van der Waals surface area contributed by atoms with Gasteiger partial charge in [-0.25, -0.2) is 4.79 Å². The Balaban J connectivity index is 1.95. The molecular weight excluding hydrogens is 268 g/mol. The molecule has 1 aromatic carbocycles. The molecule has 0 radical (unpaired) electrons. The minimum Gasteiger partial charge on any atom is -0.351 e. The molecule has 6 nitrogen and oxygen atoms in total. The van der Waals surface area contributed by atoms with Gasteiger partial charge in [-0.15, -0.1) is 0 Å². The predicted molar refractivity (Wildman–Crippen MR) is 81.8 cm³/mol. The number of urea groups is 1. The van der Waals surface area contributed by atoms with Gasteiger partial charge >= 0.3 is 6.03 Å². The van der Waals surface area contributed by atoms with Crippen LogP contribution >= 0.6 is 0 Å². The summed E-state index contributed by atoms with van der Waals surface area (Å²) in [6, 6.07) is 6.46. The third-order valence-corrected chi connectivity index (χ3v) is 3.85. The minimum atomic E-state index is -0.592. The summed E-state index contributed by atoms with van der Waals surface area (Å²) in [4.78, 5) is 23.0. The summed E-state index contributed by atoms with van der Waals surface area (Å²) < 4.78 is 0. The molecule has 21 heavy (non-hydrogen) atoms. The number of nitrogens with two attached hydrogens (primary N) is 1. The summed E-state index contributed by atoms with van der Waals surface area (Å²) in [6.45, 7) is 4.91. The van der Waals surface area contributed by atoms with Crippen molar-refractivity contribution in [2.45, 2.75) is 32.4 Å². The molecule has 2 rings (SSSR count). The van der Waals surface area contributed by atoms with E-state index in [1.54, 1.807) is 12.1 Å². The lowest BCUT2D eigenvalue weighted by Crippen LogP contribution is -2.44. The lowest BCUT2D eigenvalue weighted by molar-refractivity contribution is -0.124. The van der Waals surface area contributed by atoms with Crippen molar-refractivity contribution in [3.63, 3.8) is 0 Å². The maximum atomic E-state index is 12.2. The largest absolute Gasteiger partial charge is 0.351 e. The van der Waals surface area contributed by atoms with Crippen molar-refractivity contribution in [3.05, 3.63) is 29.8 Å². The average molecular weight is 290 g/mol. The van der Waals surface area contributed by atoms with Gasteiger partial charge in [0.05, 0.1) is 12.1 Å². The zero-order valence-electron chi connectivity index (χ0n) is 12.3. The van der Waals surface area contributed by atoms with Crippen LogP contribution in [0.3, 0.4) is 0 Å². The smallest absolute Gasteiger partial charge is 0.316 e. The predicted octanol–water partition coefficient (Wildman–Crippen LogP) is 1.35. The lowest BCUT2D eigenvalue weighted by Gasteiger charge is -2.20. The number of hydrogen-bond donors (Lipinski definition) is 4. The van der Waals surface area contributed by atoms with E-state index in [9.17, 15) is 9.59 Å². The van der Waals surface area contributed by atoms with Crippen LogP contribution in [0.25, 0.3) is 0 Å². The second-order valence-electron chi connectivity index (χ2n) is 5.54. The Bertz CT molecular complexity index is 515. The van der Waals surface area contributed by atoms with E-state index in [0.717, 1.165) is 18.5 Å². The van der Waals surface area contributed by atoms with Crippen LogP contribution in [0.5, 0.6) is 0 Å². The van der Waals surface area contributed by atoms with E-state index in [1.165, 1.54) is 0 Å². The Hall–Kier alpha value is -2.08. The Morgan fingerprint density at radius 2 is 2.00 bits per heavy atom. The van der Waals surface area contributed by atoms with E-state index in [0.29, 0.717) is 11.6 Å². The average Bonchev–Trinajstić information content (AvgIpc) is 2.85. The third kappa shape index (κ3) is 3.95. The van der Waals surface area contributed by atoms with Crippen molar-refractivity contribution in [3.8, 4) is 0 Å². The van der Waals surface area contributed by atoms with Crippen LogP contribution in [0.4, 0.5) is 10.5 Å². The monoisotopic (exact) mass is 290 g/mol. The zero-order valence-corrected chi connectivity index (χ0v) is 12.3. The number of benzene rings is 1. The van der Waals surface area contributed by atoms with Crippen molar-refractivity contribution in [2.75, 3.05) is 11.9 Å². The summed E-state index contributed by atoms with van der Waals surface area (Å²) in [6.07, 6.45) is 1.03. The maximum absolute atomic E-state index is 12.2. The molecule has 1 aliphatic rings. The first-order valence-corrected chi connectivity index (χ1v) is 7.17. The molecule has 1 fully saturated rings. The number of amides is 3. The number of rotatable bonds is 4. The molecule has 3 amide bonds. The number of primary amides is 1. The minimum absolute atomic E-state index is 0.0341.